The number of nitrogens with zero attached hydrogens (tertiary/aromatic N) is 2. The molecule has 3 aromatic rings. The Kier molecular flexibility index (Phi) is 4.66. The number of amides is 1. The summed E-state index contributed by atoms with van der Waals surface area (Å²) in [5.41, 5.74) is 2.75. The number of piperidine rings is 1. The highest BCUT2D eigenvalue weighted by atomic mass is 16.6. The maximum Gasteiger partial charge on any atom is 0.412 e. The van der Waals surface area contributed by atoms with Crippen LogP contribution in [0.2, 0.25) is 0 Å². The van der Waals surface area contributed by atoms with Crippen molar-refractivity contribution in [1.82, 2.24) is 9.88 Å². The number of benzene rings is 2. The van der Waals surface area contributed by atoms with E-state index in [9.17, 15) is 4.79 Å². The van der Waals surface area contributed by atoms with Crippen molar-refractivity contribution in [2.24, 2.45) is 11.8 Å². The molecule has 0 bridgehead atoms. The van der Waals surface area contributed by atoms with Gasteiger partial charge in [-0.2, -0.15) is 0 Å². The van der Waals surface area contributed by atoms with E-state index in [1.165, 1.54) is 6.42 Å². The summed E-state index contributed by atoms with van der Waals surface area (Å²) in [4.78, 5) is 20.1. The number of hydrogen-bond acceptors (Lipinski definition) is 5. The fourth-order valence-corrected chi connectivity index (χ4v) is 6.36. The Labute approximate surface area is 193 Å². The van der Waals surface area contributed by atoms with Gasteiger partial charge < -0.3 is 9.47 Å². The van der Waals surface area contributed by atoms with Gasteiger partial charge in [-0.05, 0) is 67.6 Å². The van der Waals surface area contributed by atoms with Crippen LogP contribution in [0.5, 0.6) is 5.75 Å². The van der Waals surface area contributed by atoms with Crippen LogP contribution in [0.25, 0.3) is 10.9 Å². The Hall–Kier alpha value is -3.38. The van der Waals surface area contributed by atoms with Crippen molar-refractivity contribution in [3.63, 3.8) is 0 Å². The van der Waals surface area contributed by atoms with Crippen LogP contribution in [-0.2, 0) is 4.74 Å². The zero-order valence-electron chi connectivity index (χ0n) is 18.6. The van der Waals surface area contributed by atoms with Crippen molar-refractivity contribution < 1.29 is 14.3 Å². The van der Waals surface area contributed by atoms with Gasteiger partial charge in [0, 0.05) is 28.4 Å². The Morgan fingerprint density at radius 3 is 2.88 bits per heavy atom. The number of fused-ring (bicyclic) bond motifs is 1. The van der Waals surface area contributed by atoms with Crippen LogP contribution in [0.1, 0.15) is 24.5 Å². The summed E-state index contributed by atoms with van der Waals surface area (Å²) in [7, 11) is 1.65. The highest BCUT2D eigenvalue weighted by Gasteiger charge is 2.77. The van der Waals surface area contributed by atoms with E-state index >= 15 is 0 Å². The molecule has 6 heteroatoms. The number of carbonyl (C=O) groups is 1. The minimum Gasteiger partial charge on any atom is -0.497 e. The second-order valence-corrected chi connectivity index (χ2v) is 9.21. The predicted molar refractivity (Wildman–Crippen MR) is 127 cm³/mol. The van der Waals surface area contributed by atoms with Gasteiger partial charge in [-0.1, -0.05) is 24.3 Å². The molecule has 1 N–H and O–H groups in total. The first-order valence-electron chi connectivity index (χ1n) is 11.5. The summed E-state index contributed by atoms with van der Waals surface area (Å²) in [5.74, 6) is 2.00. The molecule has 1 saturated carbocycles. The fourth-order valence-electron chi connectivity index (χ4n) is 6.36. The van der Waals surface area contributed by atoms with E-state index in [1.54, 1.807) is 13.3 Å². The number of ether oxygens (including phenoxy) is 2. The lowest BCUT2D eigenvalue weighted by molar-refractivity contribution is -0.0677. The Morgan fingerprint density at radius 2 is 2.12 bits per heavy atom. The summed E-state index contributed by atoms with van der Waals surface area (Å²) in [6.45, 7) is 5.09. The van der Waals surface area contributed by atoms with Crippen molar-refractivity contribution in [3.05, 3.63) is 79.0 Å². The average molecular weight is 442 g/mol. The molecule has 3 unspecified atom stereocenters. The first-order valence-corrected chi connectivity index (χ1v) is 11.5. The minimum atomic E-state index is -0.452. The second kappa shape index (κ2) is 7.59. The molecule has 1 aliphatic carbocycles. The standard InChI is InChI=1S/C27H27N3O3/c1-3-21-22-12-14-30-24(16-27(21,22)30)25(33-26(31)29-17-7-5-4-6-8-17)19-11-13-28-23-10-9-18(32-2)15-20(19)23/h3-11,13,15,21-22,24-25H,1,12,14,16H2,2H3,(H,29,31)/t21-,22?,24?,25-,27?/m1/s1. The molecule has 168 valence electrons. The summed E-state index contributed by atoms with van der Waals surface area (Å²) in [6.07, 6.45) is 5.22. The normalized spacial score (nSPS) is 28.2. The Balaban J connectivity index is 1.36. The van der Waals surface area contributed by atoms with E-state index in [0.29, 0.717) is 17.5 Å². The van der Waals surface area contributed by atoms with Gasteiger partial charge in [0.2, 0.25) is 0 Å². The SMILES string of the molecule is C=C[C@@H]1C2CCN3C([C@H](OC(=O)Nc4ccccc4)c4ccnc5ccc(OC)cc45)CC213. The highest BCUT2D eigenvalue weighted by Crippen LogP contribution is 2.71. The number of rotatable bonds is 6. The first-order chi connectivity index (χ1) is 16.2. The Bertz CT molecular complexity index is 1230. The minimum absolute atomic E-state index is 0.123. The third kappa shape index (κ3) is 3.04. The van der Waals surface area contributed by atoms with Gasteiger partial charge in [0.05, 0.1) is 18.7 Å². The zero-order valence-corrected chi connectivity index (χ0v) is 18.6. The quantitative estimate of drug-likeness (QED) is 0.534. The van der Waals surface area contributed by atoms with Crippen LogP contribution in [0.4, 0.5) is 10.5 Å². The van der Waals surface area contributed by atoms with Gasteiger partial charge in [-0.25, -0.2) is 4.79 Å². The molecule has 5 atom stereocenters. The summed E-state index contributed by atoms with van der Waals surface area (Å²) in [5, 5.41) is 3.83. The van der Waals surface area contributed by atoms with E-state index in [0.717, 1.165) is 35.2 Å². The molecular weight excluding hydrogens is 414 g/mol. The number of para-hydroxylation sites is 1. The highest BCUT2D eigenvalue weighted by molar-refractivity contribution is 5.87. The average Bonchev–Trinajstić information content (AvgIpc) is 3.41. The molecule has 2 aliphatic heterocycles. The van der Waals surface area contributed by atoms with Crippen molar-refractivity contribution in [3.8, 4) is 5.75 Å². The van der Waals surface area contributed by atoms with E-state index in [2.05, 4.69) is 27.9 Å². The molecule has 2 aromatic carbocycles. The van der Waals surface area contributed by atoms with Crippen molar-refractivity contribution in [1.29, 1.82) is 0 Å². The topological polar surface area (TPSA) is 63.7 Å². The number of hydrogen-bond donors (Lipinski definition) is 1. The third-order valence-electron chi connectivity index (χ3n) is 7.84. The van der Waals surface area contributed by atoms with E-state index < -0.39 is 12.2 Å². The van der Waals surface area contributed by atoms with Crippen LogP contribution < -0.4 is 10.1 Å². The van der Waals surface area contributed by atoms with Crippen molar-refractivity contribution >= 4 is 22.7 Å². The van der Waals surface area contributed by atoms with Gasteiger partial charge in [-0.3, -0.25) is 15.2 Å². The number of aromatic nitrogens is 1. The molecule has 6 rings (SSSR count). The lowest BCUT2D eigenvalue weighted by Crippen LogP contribution is -2.60. The third-order valence-corrected chi connectivity index (χ3v) is 7.84. The van der Waals surface area contributed by atoms with Crippen LogP contribution >= 0.6 is 0 Å². The molecule has 3 heterocycles. The lowest BCUT2D eigenvalue weighted by atomic mass is 9.82. The zero-order chi connectivity index (χ0) is 22.6. The van der Waals surface area contributed by atoms with E-state index in [1.807, 2.05) is 54.6 Å². The van der Waals surface area contributed by atoms with Gasteiger partial charge in [0.25, 0.3) is 0 Å². The van der Waals surface area contributed by atoms with Crippen LogP contribution in [-0.4, -0.2) is 41.2 Å². The van der Waals surface area contributed by atoms with Gasteiger partial charge in [-0.15, -0.1) is 6.58 Å². The second-order valence-electron chi connectivity index (χ2n) is 9.21. The number of carbonyl (C=O) groups excluding carboxylic acids is 1. The van der Waals surface area contributed by atoms with Gasteiger partial charge in [0.15, 0.2) is 0 Å². The number of nitrogens with one attached hydrogen (secondary N) is 1. The molecule has 3 fully saturated rings. The van der Waals surface area contributed by atoms with E-state index in [4.69, 9.17) is 9.47 Å². The summed E-state index contributed by atoms with van der Waals surface area (Å²) >= 11 is 0. The largest absolute Gasteiger partial charge is 0.497 e. The van der Waals surface area contributed by atoms with Gasteiger partial charge in [0.1, 0.15) is 11.9 Å². The molecular formula is C27H27N3O3. The predicted octanol–water partition coefficient (Wildman–Crippen LogP) is 5.18. The molecule has 3 aliphatic rings. The number of anilines is 1. The molecule has 33 heavy (non-hydrogen) atoms. The molecule has 1 spiro atoms. The monoisotopic (exact) mass is 441 g/mol. The molecule has 0 radical (unpaired) electrons. The van der Waals surface area contributed by atoms with Crippen molar-refractivity contribution in [2.75, 3.05) is 19.0 Å². The number of pyridine rings is 1. The lowest BCUT2D eigenvalue weighted by Gasteiger charge is -2.51. The maximum absolute atomic E-state index is 13.0. The number of methoxy groups -OCH3 is 1. The fraction of sp³-hybridized carbons (Fsp3) is 0.333. The van der Waals surface area contributed by atoms with E-state index in [-0.39, 0.29) is 11.6 Å². The van der Waals surface area contributed by atoms with Crippen LogP contribution in [0.3, 0.4) is 0 Å². The molecule has 1 amide bonds. The smallest absolute Gasteiger partial charge is 0.412 e. The van der Waals surface area contributed by atoms with Gasteiger partial charge >= 0.3 is 6.09 Å². The molecule has 1 aromatic heterocycles. The maximum atomic E-state index is 13.0. The first kappa shape index (κ1) is 20.2. The van der Waals surface area contributed by atoms with Crippen LogP contribution in [0.15, 0.2) is 73.4 Å². The van der Waals surface area contributed by atoms with Crippen molar-refractivity contribution in [2.45, 2.75) is 30.5 Å². The summed E-state index contributed by atoms with van der Waals surface area (Å²) in [6, 6.07) is 17.3. The molecule has 2 saturated heterocycles. The molecule has 6 nitrogen and oxygen atoms in total. The Morgan fingerprint density at radius 1 is 1.27 bits per heavy atom. The summed E-state index contributed by atoms with van der Waals surface area (Å²) < 4.78 is 11.6. The van der Waals surface area contributed by atoms with Crippen LogP contribution in [0, 0.1) is 11.8 Å².